The van der Waals surface area contributed by atoms with Crippen molar-refractivity contribution >= 4 is 11.0 Å². The Morgan fingerprint density at radius 3 is 1.65 bits per heavy atom. The summed E-state index contributed by atoms with van der Waals surface area (Å²) in [7, 11) is 0. The highest BCUT2D eigenvalue weighted by Gasteiger charge is 2.13. The second-order valence-electron chi connectivity index (χ2n) is 5.29. The second-order valence-corrected chi connectivity index (χ2v) is 5.29. The third-order valence-corrected chi connectivity index (χ3v) is 3.72. The Hall–Kier alpha value is -3.07. The normalized spacial score (nSPS) is 10.8. The molecule has 0 amide bonds. The Labute approximate surface area is 133 Å². The van der Waals surface area contributed by atoms with Gasteiger partial charge in [0.2, 0.25) is 0 Å². The fourth-order valence-electron chi connectivity index (χ4n) is 2.62. The SMILES string of the molecule is Fc1ccc2nc(-c3ccccc3)c(-c3ccccc3)nc2c1. The van der Waals surface area contributed by atoms with Gasteiger partial charge in [0.15, 0.2) is 0 Å². The number of aromatic nitrogens is 2. The third-order valence-electron chi connectivity index (χ3n) is 3.72. The minimum Gasteiger partial charge on any atom is -0.244 e. The van der Waals surface area contributed by atoms with E-state index in [-0.39, 0.29) is 5.82 Å². The van der Waals surface area contributed by atoms with Gasteiger partial charge in [-0.25, -0.2) is 14.4 Å². The molecule has 0 radical (unpaired) electrons. The van der Waals surface area contributed by atoms with Crippen molar-refractivity contribution in [3.05, 3.63) is 84.7 Å². The lowest BCUT2D eigenvalue weighted by Crippen LogP contribution is -1.95. The van der Waals surface area contributed by atoms with E-state index in [1.54, 1.807) is 6.07 Å². The molecule has 0 atom stereocenters. The van der Waals surface area contributed by atoms with E-state index in [0.717, 1.165) is 22.5 Å². The van der Waals surface area contributed by atoms with Gasteiger partial charge in [-0.15, -0.1) is 0 Å². The summed E-state index contributed by atoms with van der Waals surface area (Å²) in [5.74, 6) is -0.307. The Balaban J connectivity index is 2.04. The summed E-state index contributed by atoms with van der Waals surface area (Å²) in [5, 5.41) is 0. The number of rotatable bonds is 2. The summed E-state index contributed by atoms with van der Waals surface area (Å²) in [6.07, 6.45) is 0. The standard InChI is InChI=1S/C20H13FN2/c21-16-11-12-17-18(13-16)23-20(15-9-5-2-6-10-15)19(22-17)14-7-3-1-4-8-14/h1-13H. The van der Waals surface area contributed by atoms with Gasteiger partial charge >= 0.3 is 0 Å². The zero-order chi connectivity index (χ0) is 15.6. The van der Waals surface area contributed by atoms with Crippen molar-refractivity contribution in [1.82, 2.24) is 9.97 Å². The smallest absolute Gasteiger partial charge is 0.125 e. The molecule has 0 saturated heterocycles. The highest BCUT2D eigenvalue weighted by molar-refractivity contribution is 5.86. The molecule has 3 aromatic carbocycles. The van der Waals surface area contributed by atoms with Crippen molar-refractivity contribution in [3.63, 3.8) is 0 Å². The van der Waals surface area contributed by atoms with Gasteiger partial charge in [0.05, 0.1) is 22.4 Å². The molecule has 0 aliphatic heterocycles. The number of hydrogen-bond acceptors (Lipinski definition) is 2. The lowest BCUT2D eigenvalue weighted by atomic mass is 10.0. The van der Waals surface area contributed by atoms with Crippen LogP contribution in [0.3, 0.4) is 0 Å². The molecule has 4 aromatic rings. The summed E-state index contributed by atoms with van der Waals surface area (Å²) >= 11 is 0. The first kappa shape index (κ1) is 13.6. The van der Waals surface area contributed by atoms with E-state index in [4.69, 9.17) is 4.98 Å². The van der Waals surface area contributed by atoms with Crippen LogP contribution in [0.15, 0.2) is 78.9 Å². The predicted octanol–water partition coefficient (Wildman–Crippen LogP) is 5.10. The maximum absolute atomic E-state index is 13.5. The van der Waals surface area contributed by atoms with Crippen LogP contribution in [0.25, 0.3) is 33.5 Å². The monoisotopic (exact) mass is 300 g/mol. The third kappa shape index (κ3) is 2.57. The molecule has 2 nitrogen and oxygen atoms in total. The summed E-state index contributed by atoms with van der Waals surface area (Å²) < 4.78 is 13.5. The molecule has 1 aromatic heterocycles. The van der Waals surface area contributed by atoms with Crippen molar-refractivity contribution in [2.75, 3.05) is 0 Å². The molecule has 0 aliphatic carbocycles. The molecular formula is C20H13FN2. The minimum atomic E-state index is -0.307. The molecule has 3 heteroatoms. The highest BCUT2D eigenvalue weighted by Crippen LogP contribution is 2.30. The van der Waals surface area contributed by atoms with Gasteiger partial charge in [0.1, 0.15) is 5.82 Å². The van der Waals surface area contributed by atoms with Crippen LogP contribution < -0.4 is 0 Å². The first-order valence-corrected chi connectivity index (χ1v) is 7.39. The lowest BCUT2D eigenvalue weighted by molar-refractivity contribution is 0.629. The molecule has 0 N–H and O–H groups in total. The van der Waals surface area contributed by atoms with E-state index in [1.165, 1.54) is 12.1 Å². The van der Waals surface area contributed by atoms with Crippen molar-refractivity contribution in [2.45, 2.75) is 0 Å². The van der Waals surface area contributed by atoms with Crippen molar-refractivity contribution in [1.29, 1.82) is 0 Å². The summed E-state index contributed by atoms with van der Waals surface area (Å²) in [6.45, 7) is 0. The van der Waals surface area contributed by atoms with Crippen LogP contribution in [-0.4, -0.2) is 9.97 Å². The molecule has 0 unspecified atom stereocenters. The van der Waals surface area contributed by atoms with Crippen LogP contribution in [0.5, 0.6) is 0 Å². The molecule has 0 fully saturated rings. The van der Waals surface area contributed by atoms with Gasteiger partial charge in [-0.3, -0.25) is 0 Å². The van der Waals surface area contributed by atoms with Crippen LogP contribution in [-0.2, 0) is 0 Å². The first-order valence-electron chi connectivity index (χ1n) is 7.39. The molecule has 0 aliphatic rings. The Kier molecular flexibility index (Phi) is 3.31. The predicted molar refractivity (Wildman–Crippen MR) is 90.4 cm³/mol. The van der Waals surface area contributed by atoms with Crippen molar-refractivity contribution in [3.8, 4) is 22.5 Å². The maximum Gasteiger partial charge on any atom is 0.125 e. The average Bonchev–Trinajstić information content (AvgIpc) is 2.62. The molecule has 1 heterocycles. The molecule has 0 spiro atoms. The molecule has 4 rings (SSSR count). The van der Waals surface area contributed by atoms with Gasteiger partial charge in [0, 0.05) is 17.2 Å². The van der Waals surface area contributed by atoms with E-state index in [0.29, 0.717) is 11.0 Å². The summed E-state index contributed by atoms with van der Waals surface area (Å²) in [6, 6.07) is 24.3. The molecular weight excluding hydrogens is 287 g/mol. The Morgan fingerprint density at radius 2 is 1.09 bits per heavy atom. The van der Waals surface area contributed by atoms with E-state index in [9.17, 15) is 4.39 Å². The fraction of sp³-hybridized carbons (Fsp3) is 0. The van der Waals surface area contributed by atoms with Crippen molar-refractivity contribution < 1.29 is 4.39 Å². The Bertz CT molecular complexity index is 967. The number of fused-ring (bicyclic) bond motifs is 1. The van der Waals surface area contributed by atoms with E-state index < -0.39 is 0 Å². The first-order chi connectivity index (χ1) is 11.3. The Morgan fingerprint density at radius 1 is 0.565 bits per heavy atom. The zero-order valence-electron chi connectivity index (χ0n) is 12.3. The van der Waals surface area contributed by atoms with E-state index in [1.807, 2.05) is 60.7 Å². The lowest BCUT2D eigenvalue weighted by Gasteiger charge is -2.10. The zero-order valence-corrected chi connectivity index (χ0v) is 12.3. The largest absolute Gasteiger partial charge is 0.244 e. The number of halogens is 1. The quantitative estimate of drug-likeness (QED) is 0.514. The number of benzene rings is 3. The summed E-state index contributed by atoms with van der Waals surface area (Å²) in [5.41, 5.74) is 4.76. The van der Waals surface area contributed by atoms with Crippen LogP contribution in [0.1, 0.15) is 0 Å². The van der Waals surface area contributed by atoms with Crippen molar-refractivity contribution in [2.24, 2.45) is 0 Å². The second kappa shape index (κ2) is 5.61. The van der Waals surface area contributed by atoms with Gasteiger partial charge < -0.3 is 0 Å². The fourth-order valence-corrected chi connectivity index (χ4v) is 2.62. The van der Waals surface area contributed by atoms with Gasteiger partial charge in [-0.05, 0) is 12.1 Å². The topological polar surface area (TPSA) is 25.8 Å². The molecule has 23 heavy (non-hydrogen) atoms. The molecule has 0 saturated carbocycles. The van der Waals surface area contributed by atoms with Crippen LogP contribution in [0.2, 0.25) is 0 Å². The minimum absolute atomic E-state index is 0.307. The van der Waals surface area contributed by atoms with Crippen LogP contribution in [0, 0.1) is 5.82 Å². The molecule has 110 valence electrons. The maximum atomic E-state index is 13.5. The number of nitrogens with zero attached hydrogens (tertiary/aromatic N) is 2. The van der Waals surface area contributed by atoms with Gasteiger partial charge in [-0.1, -0.05) is 60.7 Å². The van der Waals surface area contributed by atoms with E-state index in [2.05, 4.69) is 4.98 Å². The van der Waals surface area contributed by atoms with Crippen LogP contribution >= 0.6 is 0 Å². The highest BCUT2D eigenvalue weighted by atomic mass is 19.1. The average molecular weight is 300 g/mol. The number of hydrogen-bond donors (Lipinski definition) is 0. The van der Waals surface area contributed by atoms with Crippen LogP contribution in [0.4, 0.5) is 4.39 Å². The summed E-state index contributed by atoms with van der Waals surface area (Å²) in [4.78, 5) is 9.41. The molecule has 0 bridgehead atoms. The van der Waals surface area contributed by atoms with Gasteiger partial charge in [-0.2, -0.15) is 0 Å². The van der Waals surface area contributed by atoms with Gasteiger partial charge in [0.25, 0.3) is 0 Å². The van der Waals surface area contributed by atoms with E-state index >= 15 is 0 Å².